The first kappa shape index (κ1) is 21.6. The van der Waals surface area contributed by atoms with Gasteiger partial charge in [0.1, 0.15) is 11.5 Å². The van der Waals surface area contributed by atoms with Crippen LogP contribution >= 0.6 is 0 Å². The fourth-order valence-electron chi connectivity index (χ4n) is 3.78. The molecule has 0 atom stereocenters. The molecule has 0 radical (unpaired) electrons. The minimum Gasteiger partial charge on any atom is -0.457 e. The molecule has 2 N–H and O–H groups in total. The lowest BCUT2D eigenvalue weighted by molar-refractivity contribution is 0.0638. The third-order valence-electron chi connectivity index (χ3n) is 5.69. The van der Waals surface area contributed by atoms with E-state index in [0.717, 1.165) is 39.1 Å². The summed E-state index contributed by atoms with van der Waals surface area (Å²) in [7, 11) is 0. The van der Waals surface area contributed by atoms with E-state index in [9.17, 15) is 9.59 Å². The summed E-state index contributed by atoms with van der Waals surface area (Å²) in [6.07, 6.45) is 1.03. The minimum atomic E-state index is -0.476. The number of benzene rings is 3. The van der Waals surface area contributed by atoms with E-state index in [2.05, 4.69) is 29.2 Å². The van der Waals surface area contributed by atoms with Gasteiger partial charge in [-0.1, -0.05) is 30.3 Å². The van der Waals surface area contributed by atoms with E-state index >= 15 is 0 Å². The van der Waals surface area contributed by atoms with Crippen LogP contribution in [0.2, 0.25) is 0 Å². The third kappa shape index (κ3) is 5.53. The lowest BCUT2D eigenvalue weighted by Crippen LogP contribution is -2.49. The molecule has 3 aromatic rings. The number of ether oxygens (including phenoxy) is 1. The van der Waals surface area contributed by atoms with Gasteiger partial charge in [0.2, 0.25) is 5.91 Å². The molecule has 0 bridgehead atoms. The van der Waals surface area contributed by atoms with E-state index in [1.54, 1.807) is 48.5 Å². The van der Waals surface area contributed by atoms with Gasteiger partial charge in [0, 0.05) is 43.9 Å². The summed E-state index contributed by atoms with van der Waals surface area (Å²) in [6.45, 7) is 4.26. The molecule has 2 amide bonds. The Hall–Kier alpha value is -3.64. The van der Waals surface area contributed by atoms with Crippen molar-refractivity contribution in [1.82, 2.24) is 9.80 Å². The second-order valence-corrected chi connectivity index (χ2v) is 7.88. The molecule has 0 aromatic heterocycles. The van der Waals surface area contributed by atoms with Crippen molar-refractivity contribution in [3.8, 4) is 11.5 Å². The van der Waals surface area contributed by atoms with Gasteiger partial charge in [0.15, 0.2) is 0 Å². The summed E-state index contributed by atoms with van der Waals surface area (Å²) < 4.78 is 5.79. The molecule has 1 saturated heterocycles. The molecule has 1 aliphatic rings. The van der Waals surface area contributed by atoms with Gasteiger partial charge in [-0.15, -0.1) is 0 Å². The van der Waals surface area contributed by atoms with E-state index in [1.807, 2.05) is 11.0 Å². The topological polar surface area (TPSA) is 75.9 Å². The molecule has 1 heterocycles. The molecule has 32 heavy (non-hydrogen) atoms. The maximum absolute atomic E-state index is 12.9. The minimum absolute atomic E-state index is 0.0464. The van der Waals surface area contributed by atoms with Gasteiger partial charge >= 0.3 is 0 Å². The zero-order valence-corrected chi connectivity index (χ0v) is 17.9. The number of primary amides is 1. The van der Waals surface area contributed by atoms with Crippen molar-refractivity contribution in [3.05, 3.63) is 95.6 Å². The molecule has 6 nitrogen and oxygen atoms in total. The van der Waals surface area contributed by atoms with Crippen LogP contribution in [0.1, 0.15) is 26.3 Å². The number of amides is 2. The Morgan fingerprint density at radius 3 is 1.88 bits per heavy atom. The van der Waals surface area contributed by atoms with Gasteiger partial charge in [-0.3, -0.25) is 14.5 Å². The summed E-state index contributed by atoms with van der Waals surface area (Å²) in [5.74, 6) is 0.793. The van der Waals surface area contributed by atoms with Crippen LogP contribution in [0.3, 0.4) is 0 Å². The average Bonchev–Trinajstić information content (AvgIpc) is 2.84. The maximum Gasteiger partial charge on any atom is 0.253 e. The molecular weight excluding hydrogens is 402 g/mol. The maximum atomic E-state index is 12.9. The Bertz CT molecular complexity index is 1040. The molecular formula is C26H27N3O3. The quantitative estimate of drug-likeness (QED) is 0.623. The van der Waals surface area contributed by atoms with Crippen molar-refractivity contribution in [2.24, 2.45) is 5.73 Å². The van der Waals surface area contributed by atoms with Crippen molar-refractivity contribution in [3.63, 3.8) is 0 Å². The number of nitrogens with zero attached hydrogens (tertiary/aromatic N) is 2. The van der Waals surface area contributed by atoms with E-state index in [1.165, 1.54) is 5.56 Å². The van der Waals surface area contributed by atoms with Crippen molar-refractivity contribution >= 4 is 11.8 Å². The van der Waals surface area contributed by atoms with Gasteiger partial charge < -0.3 is 15.4 Å². The predicted octanol–water partition coefficient (Wildman–Crippen LogP) is 3.58. The van der Waals surface area contributed by atoms with Crippen LogP contribution in [0.15, 0.2) is 78.9 Å². The Balaban J connectivity index is 1.27. The molecule has 0 spiro atoms. The van der Waals surface area contributed by atoms with Crippen molar-refractivity contribution in [1.29, 1.82) is 0 Å². The Labute approximate surface area is 188 Å². The number of nitrogens with two attached hydrogens (primary N) is 1. The number of rotatable bonds is 7. The van der Waals surface area contributed by atoms with E-state index in [0.29, 0.717) is 22.6 Å². The van der Waals surface area contributed by atoms with Crippen LogP contribution < -0.4 is 10.5 Å². The van der Waals surface area contributed by atoms with Crippen LogP contribution in [-0.4, -0.2) is 54.3 Å². The molecule has 0 saturated carbocycles. The Morgan fingerprint density at radius 1 is 0.750 bits per heavy atom. The van der Waals surface area contributed by atoms with Crippen LogP contribution in [0.4, 0.5) is 0 Å². The molecule has 1 fully saturated rings. The van der Waals surface area contributed by atoms with Crippen LogP contribution in [-0.2, 0) is 6.42 Å². The SMILES string of the molecule is NC(=O)c1ccc(Oc2ccc(C(=O)N3CCN(CCc4ccccc4)CC3)cc2)cc1. The zero-order chi connectivity index (χ0) is 22.3. The summed E-state index contributed by atoms with van der Waals surface area (Å²) in [5.41, 5.74) is 7.68. The standard InChI is InChI=1S/C26H27N3O3/c27-25(30)21-6-10-23(11-7-21)32-24-12-8-22(9-13-24)26(31)29-18-16-28(17-19-29)15-14-20-4-2-1-3-5-20/h1-13H,14-19H2,(H2,27,30). The normalized spacial score (nSPS) is 14.2. The van der Waals surface area contributed by atoms with Crippen LogP contribution in [0.25, 0.3) is 0 Å². The highest BCUT2D eigenvalue weighted by atomic mass is 16.5. The Morgan fingerprint density at radius 2 is 1.31 bits per heavy atom. The van der Waals surface area contributed by atoms with Gasteiger partial charge in [-0.05, 0) is 60.5 Å². The fourth-order valence-corrected chi connectivity index (χ4v) is 3.78. The van der Waals surface area contributed by atoms with E-state index < -0.39 is 5.91 Å². The second kappa shape index (κ2) is 10.1. The first-order valence-electron chi connectivity index (χ1n) is 10.8. The predicted molar refractivity (Wildman–Crippen MR) is 124 cm³/mol. The van der Waals surface area contributed by atoms with Crippen molar-refractivity contribution < 1.29 is 14.3 Å². The van der Waals surface area contributed by atoms with Crippen LogP contribution in [0.5, 0.6) is 11.5 Å². The first-order valence-corrected chi connectivity index (χ1v) is 10.8. The van der Waals surface area contributed by atoms with Crippen LogP contribution in [0, 0.1) is 0 Å². The molecule has 3 aromatic carbocycles. The van der Waals surface area contributed by atoms with Crippen molar-refractivity contribution in [2.75, 3.05) is 32.7 Å². The highest BCUT2D eigenvalue weighted by molar-refractivity contribution is 5.94. The zero-order valence-electron chi connectivity index (χ0n) is 17.9. The largest absolute Gasteiger partial charge is 0.457 e. The number of hydrogen-bond donors (Lipinski definition) is 1. The summed E-state index contributed by atoms with van der Waals surface area (Å²) >= 11 is 0. The van der Waals surface area contributed by atoms with Gasteiger partial charge in [-0.25, -0.2) is 0 Å². The first-order chi connectivity index (χ1) is 15.6. The molecule has 6 heteroatoms. The van der Waals surface area contributed by atoms with Gasteiger partial charge in [-0.2, -0.15) is 0 Å². The molecule has 1 aliphatic heterocycles. The van der Waals surface area contributed by atoms with E-state index in [-0.39, 0.29) is 5.91 Å². The Kier molecular flexibility index (Phi) is 6.82. The lowest BCUT2D eigenvalue weighted by Gasteiger charge is -2.34. The molecule has 0 aliphatic carbocycles. The number of carbonyl (C=O) groups excluding carboxylic acids is 2. The molecule has 4 rings (SSSR count). The number of hydrogen-bond acceptors (Lipinski definition) is 4. The smallest absolute Gasteiger partial charge is 0.253 e. The summed E-state index contributed by atoms with van der Waals surface area (Å²) in [4.78, 5) is 28.4. The third-order valence-corrected chi connectivity index (χ3v) is 5.69. The summed E-state index contributed by atoms with van der Waals surface area (Å²) in [5, 5.41) is 0. The number of piperazine rings is 1. The highest BCUT2D eigenvalue weighted by Gasteiger charge is 2.22. The lowest BCUT2D eigenvalue weighted by atomic mass is 10.1. The summed E-state index contributed by atoms with van der Waals surface area (Å²) in [6, 6.07) is 24.3. The van der Waals surface area contributed by atoms with Crippen molar-refractivity contribution in [2.45, 2.75) is 6.42 Å². The monoisotopic (exact) mass is 429 g/mol. The average molecular weight is 430 g/mol. The highest BCUT2D eigenvalue weighted by Crippen LogP contribution is 2.22. The molecule has 0 unspecified atom stereocenters. The fraction of sp³-hybridized carbons (Fsp3) is 0.231. The van der Waals surface area contributed by atoms with Gasteiger partial charge in [0.05, 0.1) is 0 Å². The second-order valence-electron chi connectivity index (χ2n) is 7.88. The van der Waals surface area contributed by atoms with E-state index in [4.69, 9.17) is 10.5 Å². The van der Waals surface area contributed by atoms with Gasteiger partial charge in [0.25, 0.3) is 5.91 Å². The number of carbonyl (C=O) groups is 2. The molecule has 164 valence electrons.